The zero-order valence-corrected chi connectivity index (χ0v) is 6.40. The molecule has 0 bridgehead atoms. The molecule has 0 heterocycles. The maximum Gasteiger partial charge on any atom is 0.315 e. The van der Waals surface area contributed by atoms with E-state index in [1.54, 1.807) is 0 Å². The highest BCUT2D eigenvalue weighted by atomic mass is 28.3. The molecule has 0 rings (SSSR count). The first kappa shape index (κ1) is 8.63. The third kappa shape index (κ3) is 7.63. The van der Waals surface area contributed by atoms with Crippen LogP contribution in [0, 0.1) is 11.3 Å². The Morgan fingerprint density at radius 1 is 1.33 bits per heavy atom. The Balaban J connectivity index is 2.85. The molecular formula is C5H11NO2Si. The fourth-order valence-corrected chi connectivity index (χ4v) is 1.18. The molecule has 0 aromatic heterocycles. The van der Waals surface area contributed by atoms with E-state index in [9.17, 15) is 0 Å². The van der Waals surface area contributed by atoms with Crippen LogP contribution in [0.25, 0.3) is 0 Å². The van der Waals surface area contributed by atoms with Gasteiger partial charge in [0.05, 0.1) is 6.07 Å². The van der Waals surface area contributed by atoms with Crippen LogP contribution >= 0.6 is 0 Å². The van der Waals surface area contributed by atoms with Crippen molar-refractivity contribution in [2.24, 2.45) is 0 Å². The van der Waals surface area contributed by atoms with E-state index in [-0.39, 0.29) is 0 Å². The van der Waals surface area contributed by atoms with Crippen LogP contribution in [0.15, 0.2) is 0 Å². The predicted molar refractivity (Wildman–Crippen MR) is 35.9 cm³/mol. The van der Waals surface area contributed by atoms with Crippen molar-refractivity contribution in [1.29, 1.82) is 5.26 Å². The Morgan fingerprint density at radius 3 is 2.44 bits per heavy atom. The van der Waals surface area contributed by atoms with Gasteiger partial charge in [0, 0.05) is 6.42 Å². The van der Waals surface area contributed by atoms with Crippen LogP contribution in [0.3, 0.4) is 0 Å². The number of hydrogen-bond donors (Lipinski definition) is 2. The van der Waals surface area contributed by atoms with Crippen LogP contribution in [0.2, 0.25) is 6.04 Å². The molecule has 0 amide bonds. The number of hydrogen-bond acceptors (Lipinski definition) is 3. The molecule has 0 radical (unpaired) electrons. The summed E-state index contributed by atoms with van der Waals surface area (Å²) >= 11 is 0. The van der Waals surface area contributed by atoms with Crippen molar-refractivity contribution < 1.29 is 9.59 Å². The minimum absolute atomic E-state index is 0.516. The van der Waals surface area contributed by atoms with Crippen molar-refractivity contribution in [2.75, 3.05) is 0 Å². The highest BCUT2D eigenvalue weighted by molar-refractivity contribution is 6.40. The number of nitriles is 1. The largest absolute Gasteiger partial charge is 0.413 e. The molecule has 0 aliphatic heterocycles. The van der Waals surface area contributed by atoms with Gasteiger partial charge in [-0.15, -0.1) is 0 Å². The number of nitrogens with zero attached hydrogens (tertiary/aromatic N) is 1. The third-order valence-electron chi connectivity index (χ3n) is 1.00. The van der Waals surface area contributed by atoms with Gasteiger partial charge in [-0.1, -0.05) is 6.42 Å². The molecule has 0 fully saturated rings. The second-order valence-electron chi connectivity index (χ2n) is 1.88. The Morgan fingerprint density at radius 2 is 2.00 bits per heavy atom. The molecular weight excluding hydrogens is 134 g/mol. The third-order valence-corrected chi connectivity index (χ3v) is 1.93. The molecule has 0 aliphatic rings. The lowest BCUT2D eigenvalue weighted by Crippen LogP contribution is -2.09. The van der Waals surface area contributed by atoms with Crippen molar-refractivity contribution in [3.8, 4) is 6.07 Å². The maximum atomic E-state index is 8.46. The molecule has 0 aromatic carbocycles. The number of rotatable bonds is 4. The van der Waals surface area contributed by atoms with Gasteiger partial charge in [0.25, 0.3) is 0 Å². The summed E-state index contributed by atoms with van der Waals surface area (Å²) < 4.78 is 0. The van der Waals surface area contributed by atoms with Gasteiger partial charge < -0.3 is 9.59 Å². The quantitative estimate of drug-likeness (QED) is 0.428. The summed E-state index contributed by atoms with van der Waals surface area (Å²) in [6, 6.07) is 2.51. The highest BCUT2D eigenvalue weighted by Gasteiger charge is 1.99. The van der Waals surface area contributed by atoms with E-state index in [0.29, 0.717) is 12.5 Å². The van der Waals surface area contributed by atoms with Crippen LogP contribution < -0.4 is 0 Å². The van der Waals surface area contributed by atoms with Crippen molar-refractivity contribution >= 4 is 9.28 Å². The Kier molecular flexibility index (Phi) is 5.52. The molecule has 0 spiro atoms. The topological polar surface area (TPSA) is 64.2 Å². The molecule has 4 heteroatoms. The first-order valence-corrected chi connectivity index (χ1v) is 4.85. The van der Waals surface area contributed by atoms with Crippen molar-refractivity contribution in [1.82, 2.24) is 0 Å². The molecule has 0 atom stereocenters. The fraction of sp³-hybridized carbons (Fsp3) is 0.800. The molecule has 0 unspecified atom stereocenters. The molecule has 3 nitrogen and oxygen atoms in total. The van der Waals surface area contributed by atoms with Crippen LogP contribution in [-0.4, -0.2) is 18.9 Å². The van der Waals surface area contributed by atoms with E-state index in [1.807, 2.05) is 6.07 Å². The summed E-state index contributed by atoms with van der Waals surface area (Å²) in [5.41, 5.74) is 0. The normalized spacial score (nSPS) is 9.56. The monoisotopic (exact) mass is 145 g/mol. The second kappa shape index (κ2) is 5.76. The van der Waals surface area contributed by atoms with Crippen LogP contribution in [0.4, 0.5) is 0 Å². The lowest BCUT2D eigenvalue weighted by Gasteiger charge is -1.96. The summed E-state index contributed by atoms with van der Waals surface area (Å²) in [7, 11) is -2.32. The van der Waals surface area contributed by atoms with Gasteiger partial charge in [-0.3, -0.25) is 0 Å². The zero-order valence-electron chi connectivity index (χ0n) is 5.25. The van der Waals surface area contributed by atoms with Gasteiger partial charge in [-0.25, -0.2) is 0 Å². The van der Waals surface area contributed by atoms with E-state index in [4.69, 9.17) is 14.9 Å². The van der Waals surface area contributed by atoms with Gasteiger partial charge in [0.15, 0.2) is 0 Å². The first-order chi connectivity index (χ1) is 4.27. The van der Waals surface area contributed by atoms with Gasteiger partial charge in [-0.2, -0.15) is 5.26 Å². The molecule has 0 saturated heterocycles. The van der Waals surface area contributed by atoms with Crippen molar-refractivity contribution in [2.45, 2.75) is 25.3 Å². The second-order valence-corrected chi connectivity index (χ2v) is 3.42. The average molecular weight is 145 g/mol. The maximum absolute atomic E-state index is 8.46. The Hall–Kier alpha value is -0.373. The molecule has 0 aliphatic carbocycles. The molecule has 0 saturated carbocycles. The first-order valence-electron chi connectivity index (χ1n) is 3.00. The molecule has 0 aromatic rings. The lowest BCUT2D eigenvalue weighted by molar-refractivity contribution is 0.402. The van der Waals surface area contributed by atoms with Crippen molar-refractivity contribution in [3.05, 3.63) is 0 Å². The summed E-state index contributed by atoms with van der Waals surface area (Å²) in [5.74, 6) is 0. The smallest absolute Gasteiger partial charge is 0.315 e. The van der Waals surface area contributed by atoms with E-state index < -0.39 is 9.28 Å². The number of unbranched alkanes of at least 4 members (excludes halogenated alkanes) is 2. The van der Waals surface area contributed by atoms with Crippen LogP contribution in [0.1, 0.15) is 19.3 Å². The van der Waals surface area contributed by atoms with E-state index in [1.165, 1.54) is 0 Å². The van der Waals surface area contributed by atoms with Gasteiger partial charge >= 0.3 is 9.28 Å². The van der Waals surface area contributed by atoms with E-state index in [0.717, 1.165) is 12.8 Å². The summed E-state index contributed by atoms with van der Waals surface area (Å²) in [6.45, 7) is 0. The standard InChI is InChI=1S/C5H11NO2Si/c6-4-2-1-3-5-9(7)8/h7-9H,1-3,5H2. The van der Waals surface area contributed by atoms with Crippen LogP contribution in [0.5, 0.6) is 0 Å². The van der Waals surface area contributed by atoms with E-state index >= 15 is 0 Å². The molecule has 52 valence electrons. The van der Waals surface area contributed by atoms with Gasteiger partial charge in [0.1, 0.15) is 0 Å². The zero-order chi connectivity index (χ0) is 7.11. The Bertz CT molecular complexity index is 99.6. The highest BCUT2D eigenvalue weighted by Crippen LogP contribution is 1.99. The summed E-state index contributed by atoms with van der Waals surface area (Å²) in [6.07, 6.45) is 2.10. The van der Waals surface area contributed by atoms with Gasteiger partial charge in [0.2, 0.25) is 0 Å². The van der Waals surface area contributed by atoms with Crippen LogP contribution in [-0.2, 0) is 0 Å². The molecule has 2 N–H and O–H groups in total. The fourth-order valence-electron chi connectivity index (χ4n) is 0.531. The summed E-state index contributed by atoms with van der Waals surface area (Å²) in [5, 5.41) is 8.07. The SMILES string of the molecule is N#CCCCC[SiH](O)O. The predicted octanol–water partition coefficient (Wildman–Crippen LogP) is -0.115. The molecule has 9 heavy (non-hydrogen) atoms. The Labute approximate surface area is 56.4 Å². The minimum Gasteiger partial charge on any atom is -0.413 e. The average Bonchev–Trinajstić information content (AvgIpc) is 1.80. The minimum atomic E-state index is -2.32. The summed E-state index contributed by atoms with van der Waals surface area (Å²) in [4.78, 5) is 16.9. The lowest BCUT2D eigenvalue weighted by atomic mass is 10.3. The van der Waals surface area contributed by atoms with Gasteiger partial charge in [-0.05, 0) is 12.5 Å². The van der Waals surface area contributed by atoms with Crippen molar-refractivity contribution in [3.63, 3.8) is 0 Å². The van der Waals surface area contributed by atoms with E-state index in [2.05, 4.69) is 0 Å².